The highest BCUT2D eigenvalue weighted by molar-refractivity contribution is 7.88. The quantitative estimate of drug-likeness (QED) is 0.791. The smallest absolute Gasteiger partial charge is 0.221 e. The number of hydrogen-bond acceptors (Lipinski definition) is 3. The average Bonchev–Trinajstić information content (AvgIpc) is 2.44. The summed E-state index contributed by atoms with van der Waals surface area (Å²) in [6.45, 7) is 4.07. The molecule has 0 spiro atoms. The number of carbonyl (C=O) groups is 1. The first kappa shape index (κ1) is 18.6. The van der Waals surface area contributed by atoms with Crippen molar-refractivity contribution in [2.24, 2.45) is 0 Å². The van der Waals surface area contributed by atoms with Crippen LogP contribution in [-0.4, -0.2) is 37.5 Å². The van der Waals surface area contributed by atoms with E-state index in [0.717, 1.165) is 12.7 Å². The van der Waals surface area contributed by atoms with Crippen LogP contribution in [0.5, 0.6) is 0 Å². The van der Waals surface area contributed by atoms with Gasteiger partial charge in [0, 0.05) is 25.6 Å². The molecule has 124 valence electrons. The van der Waals surface area contributed by atoms with Gasteiger partial charge < -0.3 is 5.32 Å². The van der Waals surface area contributed by atoms with Crippen LogP contribution in [0.25, 0.3) is 0 Å². The molecule has 0 fully saturated rings. The number of hydrogen-bond donors (Lipinski definition) is 1. The van der Waals surface area contributed by atoms with Gasteiger partial charge in [0.2, 0.25) is 15.9 Å². The van der Waals surface area contributed by atoms with Crippen molar-refractivity contribution in [1.82, 2.24) is 9.62 Å². The molecule has 0 saturated carbocycles. The molecule has 0 aliphatic carbocycles. The molecule has 1 unspecified atom stereocenters. The van der Waals surface area contributed by atoms with Gasteiger partial charge in [0.15, 0.2) is 0 Å². The van der Waals surface area contributed by atoms with E-state index in [1.165, 1.54) is 28.6 Å². The number of halogens is 1. The maximum atomic E-state index is 12.9. The van der Waals surface area contributed by atoms with Crippen LogP contribution in [0.4, 0.5) is 4.39 Å². The normalized spacial score (nSPS) is 13.1. The van der Waals surface area contributed by atoms with Gasteiger partial charge in [-0.1, -0.05) is 19.1 Å². The molecule has 5 nitrogen and oxygen atoms in total. The highest BCUT2D eigenvalue weighted by atomic mass is 32.2. The lowest BCUT2D eigenvalue weighted by molar-refractivity contribution is -0.121. The minimum atomic E-state index is -3.44. The van der Waals surface area contributed by atoms with Crippen LogP contribution >= 0.6 is 0 Å². The third-order valence-electron chi connectivity index (χ3n) is 3.35. The fourth-order valence-corrected chi connectivity index (χ4v) is 2.64. The van der Waals surface area contributed by atoms with Crippen molar-refractivity contribution in [2.75, 3.05) is 12.8 Å². The molecule has 1 N–H and O–H groups in total. The summed E-state index contributed by atoms with van der Waals surface area (Å²) in [6, 6.07) is 5.70. The van der Waals surface area contributed by atoms with Crippen LogP contribution in [0.1, 0.15) is 32.3 Å². The van der Waals surface area contributed by atoms with Crippen molar-refractivity contribution in [3.8, 4) is 0 Å². The second-order valence-electron chi connectivity index (χ2n) is 5.35. The summed E-state index contributed by atoms with van der Waals surface area (Å²) >= 11 is 0. The summed E-state index contributed by atoms with van der Waals surface area (Å²) in [5.74, 6) is -0.551. The SMILES string of the molecule is CCC(C)NC(=O)CCN(Cc1ccc(F)cc1)S(C)(=O)=O. The molecule has 0 heterocycles. The van der Waals surface area contributed by atoms with Gasteiger partial charge in [-0.25, -0.2) is 12.8 Å². The number of nitrogens with zero attached hydrogens (tertiary/aromatic N) is 1. The van der Waals surface area contributed by atoms with Crippen LogP contribution in [-0.2, 0) is 21.4 Å². The van der Waals surface area contributed by atoms with E-state index in [0.29, 0.717) is 5.56 Å². The van der Waals surface area contributed by atoms with E-state index in [1.54, 1.807) is 0 Å². The molecule has 7 heteroatoms. The minimum absolute atomic E-state index is 0.0660. The molecule has 0 bridgehead atoms. The third-order valence-corrected chi connectivity index (χ3v) is 4.60. The van der Waals surface area contributed by atoms with Gasteiger partial charge in [-0.05, 0) is 31.0 Å². The number of rotatable bonds is 8. The Morgan fingerprint density at radius 2 is 1.91 bits per heavy atom. The number of benzene rings is 1. The van der Waals surface area contributed by atoms with E-state index < -0.39 is 10.0 Å². The predicted molar refractivity (Wildman–Crippen MR) is 84.2 cm³/mol. The standard InChI is InChI=1S/C15H23FN2O3S/c1-4-12(2)17-15(19)9-10-18(22(3,20)21)11-13-5-7-14(16)8-6-13/h5-8,12H,4,9-11H2,1-3H3,(H,17,19). The van der Waals surface area contributed by atoms with Gasteiger partial charge in [-0.15, -0.1) is 0 Å². The van der Waals surface area contributed by atoms with E-state index in [4.69, 9.17) is 0 Å². The summed E-state index contributed by atoms with van der Waals surface area (Å²) < 4.78 is 37.7. The maximum absolute atomic E-state index is 12.9. The van der Waals surface area contributed by atoms with E-state index >= 15 is 0 Å². The van der Waals surface area contributed by atoms with Crippen LogP contribution in [0.3, 0.4) is 0 Å². The van der Waals surface area contributed by atoms with E-state index in [1.807, 2.05) is 13.8 Å². The lowest BCUT2D eigenvalue weighted by atomic mass is 10.2. The number of carbonyl (C=O) groups excluding carboxylic acids is 1. The van der Waals surface area contributed by atoms with Crippen molar-refractivity contribution in [3.05, 3.63) is 35.6 Å². The van der Waals surface area contributed by atoms with Gasteiger partial charge in [-0.3, -0.25) is 4.79 Å². The minimum Gasteiger partial charge on any atom is -0.354 e. The molecular formula is C15H23FN2O3S. The Balaban J connectivity index is 2.66. The topological polar surface area (TPSA) is 66.5 Å². The van der Waals surface area contributed by atoms with Crippen molar-refractivity contribution < 1.29 is 17.6 Å². The van der Waals surface area contributed by atoms with Crippen LogP contribution in [0, 0.1) is 5.82 Å². The van der Waals surface area contributed by atoms with Crippen LogP contribution in [0.2, 0.25) is 0 Å². The molecular weight excluding hydrogens is 307 g/mol. The molecule has 0 saturated heterocycles. The molecule has 0 aromatic heterocycles. The van der Waals surface area contributed by atoms with E-state index in [2.05, 4.69) is 5.32 Å². The molecule has 1 aromatic rings. The molecule has 1 aromatic carbocycles. The van der Waals surface area contributed by atoms with Crippen molar-refractivity contribution in [1.29, 1.82) is 0 Å². The largest absolute Gasteiger partial charge is 0.354 e. The average molecular weight is 330 g/mol. The Kier molecular flexibility index (Phi) is 6.96. The summed E-state index contributed by atoms with van der Waals surface area (Å²) in [7, 11) is -3.44. The van der Waals surface area contributed by atoms with E-state index in [9.17, 15) is 17.6 Å². The number of nitrogens with one attached hydrogen (secondary N) is 1. The third kappa shape index (κ3) is 6.53. The monoisotopic (exact) mass is 330 g/mol. The number of amides is 1. The van der Waals surface area contributed by atoms with Crippen molar-refractivity contribution in [3.63, 3.8) is 0 Å². The Hall–Kier alpha value is -1.47. The first-order chi connectivity index (χ1) is 10.2. The Morgan fingerprint density at radius 3 is 2.41 bits per heavy atom. The molecule has 0 radical (unpaired) electrons. The first-order valence-corrected chi connectivity index (χ1v) is 9.06. The zero-order valence-electron chi connectivity index (χ0n) is 13.2. The molecule has 1 rings (SSSR count). The second-order valence-corrected chi connectivity index (χ2v) is 7.33. The van der Waals surface area contributed by atoms with Crippen molar-refractivity contribution in [2.45, 2.75) is 39.3 Å². The summed E-state index contributed by atoms with van der Waals surface area (Å²) in [6.07, 6.45) is 2.01. The molecule has 0 aliphatic rings. The summed E-state index contributed by atoms with van der Waals surface area (Å²) in [5, 5.41) is 2.80. The fraction of sp³-hybridized carbons (Fsp3) is 0.533. The molecule has 22 heavy (non-hydrogen) atoms. The Bertz CT molecular complexity index is 587. The van der Waals surface area contributed by atoms with E-state index in [-0.39, 0.29) is 37.3 Å². The summed E-state index contributed by atoms with van der Waals surface area (Å²) in [5.41, 5.74) is 0.675. The zero-order chi connectivity index (χ0) is 16.8. The van der Waals surface area contributed by atoms with Crippen molar-refractivity contribution >= 4 is 15.9 Å². The zero-order valence-corrected chi connectivity index (χ0v) is 14.0. The number of sulfonamides is 1. The van der Waals surface area contributed by atoms with Gasteiger partial charge in [0.1, 0.15) is 5.82 Å². The second kappa shape index (κ2) is 8.24. The highest BCUT2D eigenvalue weighted by Gasteiger charge is 2.18. The van der Waals surface area contributed by atoms with Gasteiger partial charge in [0.25, 0.3) is 0 Å². The highest BCUT2D eigenvalue weighted by Crippen LogP contribution is 2.10. The van der Waals surface area contributed by atoms with Gasteiger partial charge >= 0.3 is 0 Å². The maximum Gasteiger partial charge on any atom is 0.221 e. The predicted octanol–water partition coefficient (Wildman–Crippen LogP) is 1.89. The molecule has 1 amide bonds. The summed E-state index contributed by atoms with van der Waals surface area (Å²) in [4.78, 5) is 11.8. The Morgan fingerprint density at radius 1 is 1.32 bits per heavy atom. The molecule has 0 aliphatic heterocycles. The first-order valence-electron chi connectivity index (χ1n) is 7.21. The molecule has 1 atom stereocenters. The van der Waals surface area contributed by atoms with Crippen LogP contribution in [0.15, 0.2) is 24.3 Å². The fourth-order valence-electron chi connectivity index (χ4n) is 1.83. The van der Waals surface area contributed by atoms with Gasteiger partial charge in [0.05, 0.1) is 6.26 Å². The lowest BCUT2D eigenvalue weighted by Crippen LogP contribution is -2.37. The Labute approximate surface area is 131 Å². The lowest BCUT2D eigenvalue weighted by Gasteiger charge is -2.20. The van der Waals surface area contributed by atoms with Crippen LogP contribution < -0.4 is 5.32 Å². The van der Waals surface area contributed by atoms with Gasteiger partial charge in [-0.2, -0.15) is 4.31 Å².